The molecule has 92 valence electrons. The second-order valence-corrected chi connectivity index (χ2v) is 5.11. The van der Waals surface area contributed by atoms with Crippen molar-refractivity contribution >= 4 is 0 Å². The average Bonchev–Trinajstić information content (AvgIpc) is 2.75. The zero-order chi connectivity index (χ0) is 11.7. The normalized spacial score (nSPS) is 24.6. The standard InChI is InChI=1S/C14H20N2O/c1-16-8-6-12(10-16)17-14-4-2-3-11-9-15-7-5-13(11)14/h2-4,12,15H,5-10H2,1H3. The van der Waals surface area contributed by atoms with Crippen molar-refractivity contribution in [2.24, 2.45) is 0 Å². The van der Waals surface area contributed by atoms with Gasteiger partial charge in [0.25, 0.3) is 0 Å². The van der Waals surface area contributed by atoms with E-state index < -0.39 is 0 Å². The third-order valence-corrected chi connectivity index (χ3v) is 3.74. The van der Waals surface area contributed by atoms with Crippen molar-refractivity contribution in [3.8, 4) is 5.75 Å². The molecule has 0 amide bonds. The lowest BCUT2D eigenvalue weighted by Crippen LogP contribution is -2.26. The summed E-state index contributed by atoms with van der Waals surface area (Å²) in [6.07, 6.45) is 2.62. The highest BCUT2D eigenvalue weighted by Gasteiger charge is 2.22. The molecule has 2 heterocycles. The molecule has 0 saturated carbocycles. The quantitative estimate of drug-likeness (QED) is 0.834. The maximum absolute atomic E-state index is 6.17. The van der Waals surface area contributed by atoms with Gasteiger partial charge < -0.3 is 15.0 Å². The van der Waals surface area contributed by atoms with Crippen LogP contribution in [0.2, 0.25) is 0 Å². The smallest absolute Gasteiger partial charge is 0.123 e. The van der Waals surface area contributed by atoms with Gasteiger partial charge in [-0.05, 0) is 43.6 Å². The van der Waals surface area contributed by atoms with Gasteiger partial charge in [0.2, 0.25) is 0 Å². The van der Waals surface area contributed by atoms with Crippen LogP contribution in [0.25, 0.3) is 0 Å². The molecular formula is C14H20N2O. The molecule has 0 spiro atoms. The molecule has 0 aliphatic carbocycles. The van der Waals surface area contributed by atoms with Crippen molar-refractivity contribution in [2.75, 3.05) is 26.7 Å². The summed E-state index contributed by atoms with van der Waals surface area (Å²) < 4.78 is 6.17. The first-order valence-corrected chi connectivity index (χ1v) is 6.49. The second kappa shape index (κ2) is 4.67. The third kappa shape index (κ3) is 2.31. The maximum atomic E-state index is 6.17. The van der Waals surface area contributed by atoms with Crippen molar-refractivity contribution in [1.29, 1.82) is 0 Å². The molecule has 1 atom stereocenters. The first kappa shape index (κ1) is 11.1. The summed E-state index contributed by atoms with van der Waals surface area (Å²) in [5, 5.41) is 3.41. The number of nitrogens with one attached hydrogen (secondary N) is 1. The molecule has 3 nitrogen and oxygen atoms in total. The molecule has 0 aromatic heterocycles. The number of likely N-dealkylation sites (N-methyl/N-ethyl adjacent to an activating group) is 1. The van der Waals surface area contributed by atoms with Crippen molar-refractivity contribution in [2.45, 2.75) is 25.5 Å². The summed E-state index contributed by atoms with van der Waals surface area (Å²) in [6, 6.07) is 6.44. The van der Waals surface area contributed by atoms with Crippen molar-refractivity contribution in [1.82, 2.24) is 10.2 Å². The molecule has 1 fully saturated rings. The fraction of sp³-hybridized carbons (Fsp3) is 0.571. The van der Waals surface area contributed by atoms with E-state index in [0.29, 0.717) is 6.10 Å². The predicted molar refractivity (Wildman–Crippen MR) is 68.4 cm³/mol. The first-order chi connectivity index (χ1) is 8.33. The summed E-state index contributed by atoms with van der Waals surface area (Å²) in [5.74, 6) is 1.12. The number of rotatable bonds is 2. The highest BCUT2D eigenvalue weighted by molar-refractivity contribution is 5.41. The van der Waals surface area contributed by atoms with Gasteiger partial charge in [-0.3, -0.25) is 0 Å². The molecular weight excluding hydrogens is 212 g/mol. The van der Waals surface area contributed by atoms with E-state index in [1.54, 1.807) is 0 Å². The van der Waals surface area contributed by atoms with Crippen LogP contribution in [0.3, 0.4) is 0 Å². The Morgan fingerprint density at radius 1 is 1.41 bits per heavy atom. The van der Waals surface area contributed by atoms with Gasteiger partial charge in [0.1, 0.15) is 11.9 Å². The van der Waals surface area contributed by atoms with E-state index in [1.165, 1.54) is 11.1 Å². The monoisotopic (exact) mass is 232 g/mol. The van der Waals surface area contributed by atoms with Crippen molar-refractivity contribution in [3.05, 3.63) is 29.3 Å². The first-order valence-electron chi connectivity index (χ1n) is 6.49. The van der Waals surface area contributed by atoms with E-state index >= 15 is 0 Å². The SMILES string of the molecule is CN1CCC(Oc2cccc3c2CCNC3)C1. The average molecular weight is 232 g/mol. The summed E-state index contributed by atoms with van der Waals surface area (Å²) in [5.41, 5.74) is 2.82. The molecule has 0 radical (unpaired) electrons. The lowest BCUT2D eigenvalue weighted by atomic mass is 10.00. The Bertz CT molecular complexity index is 405. The molecule has 1 aromatic carbocycles. The Kier molecular flexibility index (Phi) is 3.04. The molecule has 2 aliphatic rings. The molecule has 0 bridgehead atoms. The van der Waals surface area contributed by atoms with E-state index in [1.807, 2.05) is 0 Å². The van der Waals surface area contributed by atoms with E-state index in [2.05, 4.69) is 35.5 Å². The Hall–Kier alpha value is -1.06. The Labute approximate surface area is 103 Å². The van der Waals surface area contributed by atoms with Gasteiger partial charge in [-0.1, -0.05) is 12.1 Å². The lowest BCUT2D eigenvalue weighted by molar-refractivity contribution is 0.205. The van der Waals surface area contributed by atoms with Gasteiger partial charge >= 0.3 is 0 Å². The fourth-order valence-electron chi connectivity index (χ4n) is 2.78. The van der Waals surface area contributed by atoms with Crippen LogP contribution in [0.5, 0.6) is 5.75 Å². The van der Waals surface area contributed by atoms with E-state index in [0.717, 1.165) is 44.8 Å². The molecule has 1 N–H and O–H groups in total. The predicted octanol–water partition coefficient (Wildman–Crippen LogP) is 1.42. The van der Waals surface area contributed by atoms with E-state index in [-0.39, 0.29) is 0 Å². The molecule has 1 aromatic rings. The van der Waals surface area contributed by atoms with Crippen LogP contribution in [0.15, 0.2) is 18.2 Å². The largest absolute Gasteiger partial charge is 0.489 e. The number of nitrogens with zero attached hydrogens (tertiary/aromatic N) is 1. The zero-order valence-corrected chi connectivity index (χ0v) is 10.4. The van der Waals surface area contributed by atoms with Gasteiger partial charge in [-0.15, -0.1) is 0 Å². The highest BCUT2D eigenvalue weighted by atomic mass is 16.5. The number of hydrogen-bond acceptors (Lipinski definition) is 3. The number of benzene rings is 1. The van der Waals surface area contributed by atoms with Crippen LogP contribution >= 0.6 is 0 Å². The lowest BCUT2D eigenvalue weighted by Gasteiger charge is -2.22. The van der Waals surface area contributed by atoms with Crippen LogP contribution in [0.1, 0.15) is 17.5 Å². The van der Waals surface area contributed by atoms with Crippen LogP contribution in [0, 0.1) is 0 Å². The Morgan fingerprint density at radius 3 is 3.18 bits per heavy atom. The van der Waals surface area contributed by atoms with Crippen molar-refractivity contribution < 1.29 is 4.74 Å². The summed E-state index contributed by atoms with van der Waals surface area (Å²) in [7, 11) is 2.16. The Morgan fingerprint density at radius 2 is 2.35 bits per heavy atom. The van der Waals surface area contributed by atoms with Gasteiger partial charge in [-0.2, -0.15) is 0 Å². The minimum absolute atomic E-state index is 0.376. The molecule has 3 rings (SSSR count). The molecule has 2 aliphatic heterocycles. The second-order valence-electron chi connectivity index (χ2n) is 5.11. The van der Waals surface area contributed by atoms with Crippen LogP contribution in [-0.2, 0) is 13.0 Å². The molecule has 3 heteroatoms. The van der Waals surface area contributed by atoms with Gasteiger partial charge in [0.05, 0.1) is 0 Å². The Balaban J connectivity index is 1.78. The molecule has 17 heavy (non-hydrogen) atoms. The summed E-state index contributed by atoms with van der Waals surface area (Å²) >= 11 is 0. The summed E-state index contributed by atoms with van der Waals surface area (Å²) in [6.45, 7) is 4.26. The number of fused-ring (bicyclic) bond motifs is 1. The minimum Gasteiger partial charge on any atom is -0.489 e. The zero-order valence-electron chi connectivity index (χ0n) is 10.4. The maximum Gasteiger partial charge on any atom is 0.123 e. The van der Waals surface area contributed by atoms with E-state index in [4.69, 9.17) is 4.74 Å². The molecule has 1 unspecified atom stereocenters. The molecule has 1 saturated heterocycles. The number of likely N-dealkylation sites (tertiary alicyclic amines) is 1. The number of hydrogen-bond donors (Lipinski definition) is 1. The van der Waals surface area contributed by atoms with Gasteiger partial charge in [-0.25, -0.2) is 0 Å². The minimum atomic E-state index is 0.376. The van der Waals surface area contributed by atoms with Crippen molar-refractivity contribution in [3.63, 3.8) is 0 Å². The topological polar surface area (TPSA) is 24.5 Å². The van der Waals surface area contributed by atoms with E-state index in [9.17, 15) is 0 Å². The summed E-state index contributed by atoms with van der Waals surface area (Å²) in [4.78, 5) is 2.33. The fourth-order valence-corrected chi connectivity index (χ4v) is 2.78. The van der Waals surface area contributed by atoms with Crippen LogP contribution in [-0.4, -0.2) is 37.7 Å². The van der Waals surface area contributed by atoms with Crippen LogP contribution < -0.4 is 10.1 Å². The third-order valence-electron chi connectivity index (χ3n) is 3.74. The number of ether oxygens (including phenoxy) is 1. The van der Waals surface area contributed by atoms with Crippen LogP contribution in [0.4, 0.5) is 0 Å². The van der Waals surface area contributed by atoms with Gasteiger partial charge in [0.15, 0.2) is 0 Å². The highest BCUT2D eigenvalue weighted by Crippen LogP contribution is 2.27. The van der Waals surface area contributed by atoms with Gasteiger partial charge in [0, 0.05) is 19.6 Å².